The lowest BCUT2D eigenvalue weighted by Crippen LogP contribution is -2.39. The van der Waals surface area contributed by atoms with Crippen LogP contribution in [0.15, 0.2) is 35.6 Å². The number of aromatic nitrogens is 3. The minimum absolute atomic E-state index is 0. The summed E-state index contributed by atoms with van der Waals surface area (Å²) in [5, 5.41) is 14.6. The minimum Gasteiger partial charge on any atom is -0.497 e. The number of halogens is 1. The van der Waals surface area contributed by atoms with E-state index < -0.39 is 0 Å². The smallest absolute Gasteiger partial charge is 0.191 e. The number of guanidine groups is 1. The van der Waals surface area contributed by atoms with Gasteiger partial charge in [0.2, 0.25) is 0 Å². The van der Waals surface area contributed by atoms with Gasteiger partial charge in [-0.3, -0.25) is 0 Å². The average molecular weight is 502 g/mol. The summed E-state index contributed by atoms with van der Waals surface area (Å²) in [7, 11) is 1.64. The highest BCUT2D eigenvalue weighted by Crippen LogP contribution is 2.19. The van der Waals surface area contributed by atoms with E-state index in [0.29, 0.717) is 6.54 Å². The van der Waals surface area contributed by atoms with Crippen LogP contribution in [0.25, 0.3) is 0 Å². The molecule has 0 spiro atoms. The van der Waals surface area contributed by atoms with Gasteiger partial charge in [0, 0.05) is 32.1 Å². The molecule has 0 fully saturated rings. The SMILES string of the molecule is CCNC(=NCC(C)Oc1cccc(OC)c1)NCCn1cnnc1CC.I. The Morgan fingerprint density at radius 2 is 2.04 bits per heavy atom. The van der Waals surface area contributed by atoms with E-state index in [1.54, 1.807) is 13.4 Å². The molecule has 1 heterocycles. The van der Waals surface area contributed by atoms with Crippen molar-refractivity contribution in [1.29, 1.82) is 0 Å². The molecule has 2 aromatic rings. The van der Waals surface area contributed by atoms with Gasteiger partial charge < -0.3 is 24.7 Å². The zero-order chi connectivity index (χ0) is 19.5. The first-order chi connectivity index (χ1) is 13.2. The molecule has 0 amide bonds. The van der Waals surface area contributed by atoms with Gasteiger partial charge in [0.05, 0.1) is 13.7 Å². The lowest BCUT2D eigenvalue weighted by molar-refractivity contribution is 0.229. The van der Waals surface area contributed by atoms with Gasteiger partial charge in [-0.05, 0) is 26.0 Å². The third-order valence-corrected chi connectivity index (χ3v) is 3.89. The fourth-order valence-corrected chi connectivity index (χ4v) is 2.54. The number of hydrogen-bond acceptors (Lipinski definition) is 5. The van der Waals surface area contributed by atoms with E-state index in [4.69, 9.17) is 9.47 Å². The monoisotopic (exact) mass is 502 g/mol. The van der Waals surface area contributed by atoms with Crippen LogP contribution in [0.3, 0.4) is 0 Å². The van der Waals surface area contributed by atoms with Crippen molar-refractivity contribution in [3.8, 4) is 11.5 Å². The largest absolute Gasteiger partial charge is 0.497 e. The van der Waals surface area contributed by atoms with Crippen molar-refractivity contribution in [2.75, 3.05) is 26.7 Å². The van der Waals surface area contributed by atoms with Crippen molar-refractivity contribution in [2.24, 2.45) is 4.99 Å². The molecule has 0 aliphatic rings. The maximum Gasteiger partial charge on any atom is 0.191 e. The third kappa shape index (κ3) is 7.91. The van der Waals surface area contributed by atoms with E-state index in [1.807, 2.05) is 42.7 Å². The fraction of sp³-hybridized carbons (Fsp3) is 0.526. The first-order valence-corrected chi connectivity index (χ1v) is 9.35. The van der Waals surface area contributed by atoms with Crippen molar-refractivity contribution >= 4 is 29.9 Å². The van der Waals surface area contributed by atoms with Crippen LogP contribution in [0.5, 0.6) is 11.5 Å². The molecule has 0 saturated carbocycles. The summed E-state index contributed by atoms with van der Waals surface area (Å²) in [6.45, 7) is 8.98. The molecule has 28 heavy (non-hydrogen) atoms. The van der Waals surface area contributed by atoms with E-state index in [0.717, 1.165) is 49.3 Å². The molecule has 1 atom stereocenters. The molecule has 2 N–H and O–H groups in total. The molecule has 0 aliphatic carbocycles. The maximum atomic E-state index is 5.92. The highest BCUT2D eigenvalue weighted by molar-refractivity contribution is 14.0. The zero-order valence-electron chi connectivity index (χ0n) is 17.0. The molecule has 1 aromatic carbocycles. The van der Waals surface area contributed by atoms with Crippen LogP contribution in [0.1, 0.15) is 26.6 Å². The van der Waals surface area contributed by atoms with Crippen LogP contribution in [-0.2, 0) is 13.0 Å². The van der Waals surface area contributed by atoms with Gasteiger partial charge >= 0.3 is 0 Å². The summed E-state index contributed by atoms with van der Waals surface area (Å²) in [5.74, 6) is 3.30. The first kappa shape index (κ1) is 24.0. The molecule has 1 aromatic heterocycles. The van der Waals surface area contributed by atoms with Crippen LogP contribution in [0, 0.1) is 0 Å². The van der Waals surface area contributed by atoms with Crippen molar-refractivity contribution in [3.63, 3.8) is 0 Å². The van der Waals surface area contributed by atoms with E-state index in [9.17, 15) is 0 Å². The second-order valence-corrected chi connectivity index (χ2v) is 6.05. The number of methoxy groups -OCH3 is 1. The second kappa shape index (κ2) is 13.2. The van der Waals surface area contributed by atoms with E-state index in [2.05, 4.69) is 32.7 Å². The molecule has 1 unspecified atom stereocenters. The number of nitrogens with one attached hydrogen (secondary N) is 2. The number of aliphatic imine (C=N–C) groups is 1. The summed E-state index contributed by atoms with van der Waals surface area (Å²) in [6.07, 6.45) is 2.57. The van der Waals surface area contributed by atoms with Gasteiger partial charge in [-0.2, -0.15) is 0 Å². The Bertz CT molecular complexity index is 722. The molecular weight excluding hydrogens is 471 g/mol. The molecule has 0 aliphatic heterocycles. The average Bonchev–Trinajstić information content (AvgIpc) is 3.13. The summed E-state index contributed by atoms with van der Waals surface area (Å²) in [6, 6.07) is 7.58. The quantitative estimate of drug-likeness (QED) is 0.295. The lowest BCUT2D eigenvalue weighted by Gasteiger charge is -2.16. The number of ether oxygens (including phenoxy) is 2. The standard InChI is InChI=1S/C19H30N6O2.HI/c1-5-18-24-23-14-25(18)11-10-21-19(20-6-2)22-13-15(3)27-17-9-7-8-16(12-17)26-4;/h7-9,12,14-15H,5-6,10-11,13H2,1-4H3,(H2,20,21,22);1H. The Kier molecular flexibility index (Phi) is 11.3. The van der Waals surface area contributed by atoms with E-state index >= 15 is 0 Å². The van der Waals surface area contributed by atoms with Gasteiger partial charge in [-0.15, -0.1) is 34.2 Å². The van der Waals surface area contributed by atoms with Crippen LogP contribution >= 0.6 is 24.0 Å². The third-order valence-electron chi connectivity index (χ3n) is 3.89. The summed E-state index contributed by atoms with van der Waals surface area (Å²) < 4.78 is 13.2. The normalized spacial score (nSPS) is 12.1. The summed E-state index contributed by atoms with van der Waals surface area (Å²) >= 11 is 0. The number of rotatable bonds is 10. The predicted octanol–water partition coefficient (Wildman–Crippen LogP) is 2.49. The molecule has 8 nitrogen and oxygen atoms in total. The van der Waals surface area contributed by atoms with Gasteiger partial charge in [0.1, 0.15) is 29.8 Å². The van der Waals surface area contributed by atoms with Crippen molar-refractivity contribution < 1.29 is 9.47 Å². The zero-order valence-corrected chi connectivity index (χ0v) is 19.3. The fourth-order valence-electron chi connectivity index (χ4n) is 2.54. The number of hydrogen-bond donors (Lipinski definition) is 2. The topological polar surface area (TPSA) is 85.6 Å². The van der Waals surface area contributed by atoms with Crippen LogP contribution in [0.4, 0.5) is 0 Å². The molecule has 0 saturated heterocycles. The van der Waals surface area contributed by atoms with Crippen molar-refractivity contribution in [2.45, 2.75) is 39.8 Å². The summed E-state index contributed by atoms with van der Waals surface area (Å²) in [5.41, 5.74) is 0. The van der Waals surface area contributed by atoms with Crippen LogP contribution in [-0.4, -0.2) is 53.6 Å². The number of aryl methyl sites for hydroxylation is 1. The predicted molar refractivity (Wildman–Crippen MR) is 122 cm³/mol. The lowest BCUT2D eigenvalue weighted by atomic mass is 10.3. The maximum absolute atomic E-state index is 5.92. The Balaban J connectivity index is 0.00000392. The Morgan fingerprint density at radius 1 is 1.25 bits per heavy atom. The second-order valence-electron chi connectivity index (χ2n) is 6.05. The highest BCUT2D eigenvalue weighted by atomic mass is 127. The molecule has 156 valence electrons. The number of nitrogens with zero attached hydrogens (tertiary/aromatic N) is 4. The number of benzene rings is 1. The van der Waals surface area contributed by atoms with E-state index in [1.165, 1.54) is 0 Å². The van der Waals surface area contributed by atoms with Gasteiger partial charge in [-0.1, -0.05) is 13.0 Å². The first-order valence-electron chi connectivity index (χ1n) is 9.35. The van der Waals surface area contributed by atoms with Gasteiger partial charge in [0.25, 0.3) is 0 Å². The molecule has 9 heteroatoms. The molecular formula is C19H31IN6O2. The Hall–Kier alpha value is -2.04. The Labute approximate surface area is 184 Å². The summed E-state index contributed by atoms with van der Waals surface area (Å²) in [4.78, 5) is 4.61. The molecule has 0 radical (unpaired) electrons. The van der Waals surface area contributed by atoms with Crippen LogP contribution in [0.2, 0.25) is 0 Å². The van der Waals surface area contributed by atoms with Gasteiger partial charge in [0.15, 0.2) is 5.96 Å². The highest BCUT2D eigenvalue weighted by Gasteiger charge is 2.06. The minimum atomic E-state index is -0.0582. The van der Waals surface area contributed by atoms with E-state index in [-0.39, 0.29) is 30.1 Å². The van der Waals surface area contributed by atoms with Gasteiger partial charge in [-0.25, -0.2) is 4.99 Å². The van der Waals surface area contributed by atoms with Crippen molar-refractivity contribution in [3.05, 3.63) is 36.4 Å². The van der Waals surface area contributed by atoms with Crippen molar-refractivity contribution in [1.82, 2.24) is 25.4 Å². The molecule has 0 bridgehead atoms. The molecule has 2 rings (SSSR count). The Morgan fingerprint density at radius 3 is 2.75 bits per heavy atom. The van der Waals surface area contributed by atoms with Crippen LogP contribution < -0.4 is 20.1 Å².